The van der Waals surface area contributed by atoms with Crippen molar-refractivity contribution in [2.45, 2.75) is 58.0 Å². The maximum atomic E-state index is 6.07. The van der Waals surface area contributed by atoms with E-state index in [-0.39, 0.29) is 6.10 Å². The molecule has 3 atom stereocenters. The number of anilines is 1. The highest BCUT2D eigenvalue weighted by Gasteiger charge is 2.39. The molecule has 5 rings (SSSR count). The Morgan fingerprint density at radius 1 is 1.21 bits per heavy atom. The Bertz CT molecular complexity index is 999. The number of rotatable bonds is 4. The normalized spacial score (nSPS) is 24.3. The first kappa shape index (κ1) is 17.5. The van der Waals surface area contributed by atoms with Gasteiger partial charge in [-0.1, -0.05) is 0 Å². The van der Waals surface area contributed by atoms with E-state index in [2.05, 4.69) is 39.1 Å². The summed E-state index contributed by atoms with van der Waals surface area (Å²) >= 11 is 0. The van der Waals surface area contributed by atoms with E-state index in [9.17, 15) is 0 Å². The number of aromatic nitrogens is 3. The van der Waals surface area contributed by atoms with E-state index in [1.54, 1.807) is 0 Å². The van der Waals surface area contributed by atoms with Crippen molar-refractivity contribution in [2.24, 2.45) is 0 Å². The van der Waals surface area contributed by atoms with Gasteiger partial charge in [0.25, 0.3) is 0 Å². The summed E-state index contributed by atoms with van der Waals surface area (Å²) in [4.78, 5) is 7.05. The average molecular weight is 378 g/mol. The minimum Gasteiger partial charge on any atom is -0.491 e. The smallest absolute Gasteiger partial charge is 0.129 e. The minimum absolute atomic E-state index is 0.138. The minimum atomic E-state index is 0.138. The van der Waals surface area contributed by atoms with Crippen molar-refractivity contribution in [3.63, 3.8) is 0 Å². The van der Waals surface area contributed by atoms with Crippen LogP contribution in [0.5, 0.6) is 5.75 Å². The number of fused-ring (bicyclic) bond motifs is 3. The van der Waals surface area contributed by atoms with Crippen molar-refractivity contribution in [1.82, 2.24) is 15.2 Å². The van der Waals surface area contributed by atoms with E-state index in [1.165, 1.54) is 0 Å². The molecule has 2 saturated heterocycles. The first-order valence-corrected chi connectivity index (χ1v) is 10.1. The maximum Gasteiger partial charge on any atom is 0.129 e. The zero-order valence-electron chi connectivity index (χ0n) is 16.6. The van der Waals surface area contributed by atoms with Crippen molar-refractivity contribution < 1.29 is 9.47 Å². The number of nitrogens with one attached hydrogen (secondary N) is 1. The highest BCUT2D eigenvalue weighted by molar-refractivity contribution is 5.94. The summed E-state index contributed by atoms with van der Waals surface area (Å²) in [5, 5.41) is 8.78. The molecule has 28 heavy (non-hydrogen) atoms. The molecule has 6 nitrogen and oxygen atoms in total. The van der Waals surface area contributed by atoms with Gasteiger partial charge in [-0.3, -0.25) is 5.10 Å². The Kier molecular flexibility index (Phi) is 4.23. The van der Waals surface area contributed by atoms with Crippen LogP contribution in [0.3, 0.4) is 0 Å². The van der Waals surface area contributed by atoms with Crippen LogP contribution in [-0.4, -0.2) is 46.1 Å². The van der Waals surface area contributed by atoms with Gasteiger partial charge < -0.3 is 14.4 Å². The number of hydrogen-bond acceptors (Lipinski definition) is 5. The van der Waals surface area contributed by atoms with Gasteiger partial charge >= 0.3 is 0 Å². The fourth-order valence-corrected chi connectivity index (χ4v) is 4.39. The van der Waals surface area contributed by atoms with E-state index < -0.39 is 0 Å². The third kappa shape index (κ3) is 3.02. The van der Waals surface area contributed by atoms with Gasteiger partial charge in [0.15, 0.2) is 0 Å². The summed E-state index contributed by atoms with van der Waals surface area (Å²) < 4.78 is 11.9. The summed E-state index contributed by atoms with van der Waals surface area (Å²) in [6.45, 7) is 7.21. The highest BCUT2D eigenvalue weighted by Crippen LogP contribution is 2.35. The van der Waals surface area contributed by atoms with Gasteiger partial charge in [-0.2, -0.15) is 5.10 Å². The molecule has 146 valence electrons. The molecule has 1 N–H and O–H groups in total. The maximum absolute atomic E-state index is 6.07. The van der Waals surface area contributed by atoms with Crippen molar-refractivity contribution in [3.8, 4) is 17.0 Å². The molecule has 2 aromatic heterocycles. The van der Waals surface area contributed by atoms with Gasteiger partial charge in [-0.05, 0) is 63.9 Å². The third-order valence-electron chi connectivity index (χ3n) is 5.79. The van der Waals surface area contributed by atoms with Crippen LogP contribution in [-0.2, 0) is 4.74 Å². The molecule has 4 heterocycles. The molecule has 2 aliphatic rings. The van der Waals surface area contributed by atoms with Crippen LogP contribution in [0.2, 0.25) is 0 Å². The van der Waals surface area contributed by atoms with Crippen LogP contribution in [0.15, 0.2) is 36.5 Å². The first-order chi connectivity index (χ1) is 13.6. The van der Waals surface area contributed by atoms with Gasteiger partial charge in [0.05, 0.1) is 29.9 Å². The molecule has 3 unspecified atom stereocenters. The highest BCUT2D eigenvalue weighted by atomic mass is 16.5. The summed E-state index contributed by atoms with van der Waals surface area (Å²) in [6.07, 6.45) is 4.95. The molecule has 2 aliphatic heterocycles. The van der Waals surface area contributed by atoms with Crippen molar-refractivity contribution in [2.75, 3.05) is 11.4 Å². The van der Waals surface area contributed by atoms with E-state index in [0.29, 0.717) is 18.2 Å². The number of nitrogens with zero attached hydrogens (tertiary/aromatic N) is 3. The molecule has 0 saturated carbocycles. The lowest BCUT2D eigenvalue weighted by Crippen LogP contribution is -2.49. The number of benzene rings is 1. The lowest BCUT2D eigenvalue weighted by atomic mass is 10.1. The Morgan fingerprint density at radius 3 is 2.96 bits per heavy atom. The second kappa shape index (κ2) is 6.78. The number of hydrogen-bond donors (Lipinski definition) is 1. The summed E-state index contributed by atoms with van der Waals surface area (Å²) in [5.41, 5.74) is 2.99. The predicted molar refractivity (Wildman–Crippen MR) is 110 cm³/mol. The summed E-state index contributed by atoms with van der Waals surface area (Å²) in [5.74, 6) is 1.86. The zero-order valence-corrected chi connectivity index (χ0v) is 16.6. The lowest BCUT2D eigenvalue weighted by molar-refractivity contribution is 0.00853. The number of pyridine rings is 1. The van der Waals surface area contributed by atoms with Gasteiger partial charge in [0.2, 0.25) is 0 Å². The third-order valence-corrected chi connectivity index (χ3v) is 5.79. The zero-order chi connectivity index (χ0) is 19.3. The van der Waals surface area contributed by atoms with Crippen LogP contribution >= 0.6 is 0 Å². The van der Waals surface area contributed by atoms with E-state index in [4.69, 9.17) is 9.47 Å². The van der Waals surface area contributed by atoms with Crippen LogP contribution in [0.25, 0.3) is 22.2 Å². The van der Waals surface area contributed by atoms with Crippen molar-refractivity contribution in [1.29, 1.82) is 0 Å². The topological polar surface area (TPSA) is 63.3 Å². The van der Waals surface area contributed by atoms with Crippen LogP contribution in [0.1, 0.15) is 33.6 Å². The molecule has 2 bridgehead atoms. The number of morpholine rings is 1. The Morgan fingerprint density at radius 2 is 2.11 bits per heavy atom. The Labute approximate surface area is 164 Å². The quantitative estimate of drug-likeness (QED) is 0.738. The van der Waals surface area contributed by atoms with Gasteiger partial charge in [0, 0.05) is 23.7 Å². The monoisotopic (exact) mass is 378 g/mol. The van der Waals surface area contributed by atoms with Gasteiger partial charge in [-0.25, -0.2) is 4.98 Å². The first-order valence-electron chi connectivity index (χ1n) is 10.1. The molecule has 6 heteroatoms. The summed E-state index contributed by atoms with van der Waals surface area (Å²) in [7, 11) is 0. The molecular weight excluding hydrogens is 352 g/mol. The van der Waals surface area contributed by atoms with Gasteiger partial charge in [-0.15, -0.1) is 0 Å². The molecule has 0 spiro atoms. The largest absolute Gasteiger partial charge is 0.491 e. The van der Waals surface area contributed by atoms with Crippen LogP contribution in [0, 0.1) is 0 Å². The molecule has 1 aromatic carbocycles. The molecule has 0 aliphatic carbocycles. The number of ether oxygens (including phenoxy) is 2. The van der Waals surface area contributed by atoms with E-state index >= 15 is 0 Å². The van der Waals surface area contributed by atoms with Crippen molar-refractivity contribution in [3.05, 3.63) is 36.5 Å². The van der Waals surface area contributed by atoms with Crippen LogP contribution in [0.4, 0.5) is 5.82 Å². The molecule has 2 fully saturated rings. The molecule has 3 aromatic rings. The number of H-pyrrole nitrogens is 1. The molecular formula is C22H26N4O2. The van der Waals surface area contributed by atoms with Gasteiger partial charge in [0.1, 0.15) is 17.3 Å². The second-order valence-corrected chi connectivity index (χ2v) is 8.12. The standard InChI is InChI=1S/C22H26N4O2/c1-13(2)27-16-4-6-19-18(11-16)22(25-24-19)15-8-9-23-21(10-15)26-12-17-5-7-20(28-17)14(26)3/h4,6,8-11,13-14,17,20H,5,7,12H2,1-3H3,(H,24,25). The van der Waals surface area contributed by atoms with Crippen molar-refractivity contribution >= 4 is 16.7 Å². The van der Waals surface area contributed by atoms with E-state index in [0.717, 1.165) is 53.1 Å². The fourth-order valence-electron chi connectivity index (χ4n) is 4.39. The summed E-state index contributed by atoms with van der Waals surface area (Å²) in [6, 6.07) is 10.6. The SMILES string of the molecule is CC(C)Oc1ccc2[nH]nc(-c3ccnc(N4CC5CCC(O5)C4C)c3)c2c1. The predicted octanol–water partition coefficient (Wildman–Crippen LogP) is 4.17. The Hall–Kier alpha value is -2.60. The average Bonchev–Trinajstić information content (AvgIpc) is 3.29. The van der Waals surface area contributed by atoms with E-state index in [1.807, 2.05) is 38.2 Å². The Balaban J connectivity index is 1.51. The molecule has 0 amide bonds. The molecule has 0 radical (unpaired) electrons. The number of aromatic amines is 1. The van der Waals surface area contributed by atoms with Crippen LogP contribution < -0.4 is 9.64 Å². The lowest BCUT2D eigenvalue weighted by Gasteiger charge is -2.39. The fraction of sp³-hybridized carbons (Fsp3) is 0.455. The second-order valence-electron chi connectivity index (χ2n) is 8.12.